The van der Waals surface area contributed by atoms with Gasteiger partial charge in [-0.05, 0) is 43.7 Å². The summed E-state index contributed by atoms with van der Waals surface area (Å²) >= 11 is 0. The highest BCUT2D eigenvalue weighted by molar-refractivity contribution is 7.89. The molecule has 1 atom stereocenters. The summed E-state index contributed by atoms with van der Waals surface area (Å²) in [5, 5.41) is 0. The second-order valence-corrected chi connectivity index (χ2v) is 10.2. The van der Waals surface area contributed by atoms with Crippen LogP contribution in [0.4, 0.5) is 0 Å². The van der Waals surface area contributed by atoms with E-state index < -0.39 is 10.0 Å². The predicted molar refractivity (Wildman–Crippen MR) is 102 cm³/mol. The van der Waals surface area contributed by atoms with Gasteiger partial charge in [0.1, 0.15) is 0 Å². The molecule has 0 saturated carbocycles. The van der Waals surface area contributed by atoms with Gasteiger partial charge in [0, 0.05) is 38.0 Å². The summed E-state index contributed by atoms with van der Waals surface area (Å²) in [5.74, 6) is 0.779. The Hall–Kier alpha value is -1.40. The van der Waals surface area contributed by atoms with Crippen LogP contribution in [0.2, 0.25) is 0 Å². The van der Waals surface area contributed by atoms with E-state index in [0.29, 0.717) is 36.9 Å². The van der Waals surface area contributed by atoms with Crippen LogP contribution < -0.4 is 0 Å². The second-order valence-electron chi connectivity index (χ2n) is 8.25. The highest BCUT2D eigenvalue weighted by atomic mass is 32.2. The van der Waals surface area contributed by atoms with E-state index in [4.69, 9.17) is 0 Å². The zero-order valence-corrected chi connectivity index (χ0v) is 16.7. The molecule has 1 aromatic carbocycles. The molecule has 5 nitrogen and oxygen atoms in total. The zero-order chi connectivity index (χ0) is 18.8. The summed E-state index contributed by atoms with van der Waals surface area (Å²) in [4.78, 5) is 14.7. The summed E-state index contributed by atoms with van der Waals surface area (Å²) in [7, 11) is -3.46. The first-order chi connectivity index (χ1) is 12.3. The Labute approximate surface area is 157 Å². The van der Waals surface area contributed by atoms with E-state index >= 15 is 0 Å². The van der Waals surface area contributed by atoms with E-state index in [1.807, 2.05) is 11.0 Å². The first kappa shape index (κ1) is 19.4. The number of hydrogen-bond acceptors (Lipinski definition) is 3. The first-order valence-corrected chi connectivity index (χ1v) is 11.1. The van der Waals surface area contributed by atoms with E-state index in [0.717, 1.165) is 32.2 Å². The smallest absolute Gasteiger partial charge is 0.243 e. The van der Waals surface area contributed by atoms with Gasteiger partial charge in [0.2, 0.25) is 15.9 Å². The summed E-state index contributed by atoms with van der Waals surface area (Å²) in [6, 6.07) is 8.68. The molecule has 6 heteroatoms. The molecule has 0 aliphatic carbocycles. The average molecular weight is 379 g/mol. The molecular weight excluding hydrogens is 348 g/mol. The van der Waals surface area contributed by atoms with E-state index in [1.54, 1.807) is 28.6 Å². The van der Waals surface area contributed by atoms with Gasteiger partial charge >= 0.3 is 0 Å². The van der Waals surface area contributed by atoms with Gasteiger partial charge in [-0.2, -0.15) is 4.31 Å². The van der Waals surface area contributed by atoms with Crippen molar-refractivity contribution in [2.45, 2.75) is 50.8 Å². The number of rotatable bonds is 5. The third-order valence-electron chi connectivity index (χ3n) is 5.73. The molecule has 1 unspecified atom stereocenters. The predicted octanol–water partition coefficient (Wildman–Crippen LogP) is 3.13. The minimum absolute atomic E-state index is 0.0923. The van der Waals surface area contributed by atoms with Crippen LogP contribution in [0.15, 0.2) is 35.2 Å². The van der Waals surface area contributed by atoms with Crippen molar-refractivity contribution in [1.82, 2.24) is 9.21 Å². The lowest BCUT2D eigenvalue weighted by molar-refractivity contribution is -0.138. The van der Waals surface area contributed by atoms with Crippen molar-refractivity contribution >= 4 is 15.9 Å². The van der Waals surface area contributed by atoms with Crippen LogP contribution in [0.1, 0.15) is 46.0 Å². The Kier molecular flexibility index (Phi) is 5.72. The Bertz CT molecular complexity index is 733. The van der Waals surface area contributed by atoms with Gasteiger partial charge in [-0.15, -0.1) is 0 Å². The summed E-state index contributed by atoms with van der Waals surface area (Å²) < 4.78 is 27.7. The molecule has 1 spiro atoms. The van der Waals surface area contributed by atoms with Crippen LogP contribution in [0.5, 0.6) is 0 Å². The normalized spacial score (nSPS) is 25.2. The Balaban J connectivity index is 1.76. The number of nitrogens with zero attached hydrogens (tertiary/aromatic N) is 2. The topological polar surface area (TPSA) is 57.7 Å². The SMILES string of the molecule is CC(C)CCN1CC2(CCCN(S(=O)(=O)c3ccccc3)C2)CCC1=O. The zero-order valence-electron chi connectivity index (χ0n) is 15.9. The van der Waals surface area contributed by atoms with Crippen LogP contribution in [0.25, 0.3) is 0 Å². The lowest BCUT2D eigenvalue weighted by atomic mass is 9.74. The van der Waals surface area contributed by atoms with Crippen LogP contribution in [-0.2, 0) is 14.8 Å². The Morgan fingerprint density at radius 3 is 2.54 bits per heavy atom. The van der Waals surface area contributed by atoms with Crippen LogP contribution in [0, 0.1) is 11.3 Å². The molecular formula is C20H30N2O3S. The molecule has 144 valence electrons. The number of sulfonamides is 1. The van der Waals surface area contributed by atoms with Crippen molar-refractivity contribution in [1.29, 1.82) is 0 Å². The molecule has 1 aromatic rings. The van der Waals surface area contributed by atoms with E-state index in [2.05, 4.69) is 13.8 Å². The largest absolute Gasteiger partial charge is 0.342 e. The minimum atomic E-state index is -3.46. The van der Waals surface area contributed by atoms with Gasteiger partial charge in [0.25, 0.3) is 0 Å². The van der Waals surface area contributed by atoms with E-state index in [-0.39, 0.29) is 11.3 Å². The summed E-state index contributed by atoms with van der Waals surface area (Å²) in [5.41, 5.74) is -0.0923. The van der Waals surface area contributed by atoms with E-state index in [9.17, 15) is 13.2 Å². The molecule has 26 heavy (non-hydrogen) atoms. The first-order valence-electron chi connectivity index (χ1n) is 9.65. The second kappa shape index (κ2) is 7.69. The minimum Gasteiger partial charge on any atom is -0.342 e. The molecule has 2 aliphatic heterocycles. The van der Waals surface area contributed by atoms with Gasteiger partial charge in [-0.3, -0.25) is 4.79 Å². The van der Waals surface area contributed by atoms with Crippen LogP contribution in [0.3, 0.4) is 0 Å². The summed E-state index contributed by atoms with van der Waals surface area (Å²) in [6.45, 7) is 6.90. The molecule has 2 saturated heterocycles. The van der Waals surface area contributed by atoms with Crippen molar-refractivity contribution in [3.63, 3.8) is 0 Å². The lowest BCUT2D eigenvalue weighted by Crippen LogP contribution is -2.55. The van der Waals surface area contributed by atoms with Gasteiger partial charge in [-0.25, -0.2) is 8.42 Å². The Morgan fingerprint density at radius 1 is 1.12 bits per heavy atom. The average Bonchev–Trinajstić information content (AvgIpc) is 2.63. The number of hydrogen-bond donors (Lipinski definition) is 0. The molecule has 2 heterocycles. The van der Waals surface area contributed by atoms with Crippen molar-refractivity contribution in [3.05, 3.63) is 30.3 Å². The number of carbonyl (C=O) groups is 1. The molecule has 0 aromatic heterocycles. The third-order valence-corrected chi connectivity index (χ3v) is 7.59. The van der Waals surface area contributed by atoms with Crippen molar-refractivity contribution in [3.8, 4) is 0 Å². The fraction of sp³-hybridized carbons (Fsp3) is 0.650. The highest BCUT2D eigenvalue weighted by Gasteiger charge is 2.44. The molecule has 3 rings (SSSR count). The standard InChI is InChI=1S/C20H30N2O3S/c1-17(2)10-14-21-15-20(12-9-19(21)23)11-6-13-22(16-20)26(24,25)18-7-4-3-5-8-18/h3-5,7-8,17H,6,9-16H2,1-2H3. The molecule has 0 bridgehead atoms. The quantitative estimate of drug-likeness (QED) is 0.791. The monoisotopic (exact) mass is 378 g/mol. The van der Waals surface area contributed by atoms with Crippen LogP contribution in [-0.4, -0.2) is 49.7 Å². The maximum atomic E-state index is 13.0. The number of carbonyl (C=O) groups excluding carboxylic acids is 1. The molecule has 1 amide bonds. The fourth-order valence-electron chi connectivity index (χ4n) is 4.16. The van der Waals surface area contributed by atoms with Crippen LogP contribution >= 0.6 is 0 Å². The fourth-order valence-corrected chi connectivity index (χ4v) is 5.78. The number of piperidine rings is 2. The molecule has 0 N–H and O–H groups in total. The molecule has 2 fully saturated rings. The van der Waals surface area contributed by atoms with Gasteiger partial charge in [0.15, 0.2) is 0 Å². The number of amides is 1. The molecule has 2 aliphatic rings. The lowest BCUT2D eigenvalue weighted by Gasteiger charge is -2.48. The van der Waals surface area contributed by atoms with Gasteiger partial charge in [0.05, 0.1) is 4.90 Å². The molecule has 0 radical (unpaired) electrons. The van der Waals surface area contributed by atoms with Crippen molar-refractivity contribution < 1.29 is 13.2 Å². The number of likely N-dealkylation sites (tertiary alicyclic amines) is 1. The van der Waals surface area contributed by atoms with Crippen molar-refractivity contribution in [2.24, 2.45) is 11.3 Å². The number of benzene rings is 1. The maximum absolute atomic E-state index is 13.0. The Morgan fingerprint density at radius 2 is 1.85 bits per heavy atom. The maximum Gasteiger partial charge on any atom is 0.243 e. The van der Waals surface area contributed by atoms with Crippen molar-refractivity contribution in [2.75, 3.05) is 26.2 Å². The van der Waals surface area contributed by atoms with E-state index in [1.165, 1.54) is 0 Å². The van der Waals surface area contributed by atoms with Gasteiger partial charge < -0.3 is 4.90 Å². The summed E-state index contributed by atoms with van der Waals surface area (Å²) in [6.07, 6.45) is 4.19. The highest BCUT2D eigenvalue weighted by Crippen LogP contribution is 2.40. The van der Waals surface area contributed by atoms with Gasteiger partial charge in [-0.1, -0.05) is 32.0 Å². The third kappa shape index (κ3) is 4.12.